The summed E-state index contributed by atoms with van der Waals surface area (Å²) in [4.78, 5) is 3.78. The fourth-order valence-corrected chi connectivity index (χ4v) is 1.08. The van der Waals surface area contributed by atoms with Crippen molar-refractivity contribution >= 4 is 0 Å². The molecule has 0 aliphatic heterocycles. The predicted octanol–water partition coefficient (Wildman–Crippen LogP) is 2.86. The van der Waals surface area contributed by atoms with Crippen molar-refractivity contribution < 1.29 is 13.2 Å². The Morgan fingerprint density at radius 2 is 2.07 bits per heavy atom. The summed E-state index contributed by atoms with van der Waals surface area (Å²) in [5, 5.41) is 0. The summed E-state index contributed by atoms with van der Waals surface area (Å²) >= 11 is 0. The number of pyridine rings is 1. The van der Waals surface area contributed by atoms with Gasteiger partial charge in [-0.2, -0.15) is 13.2 Å². The van der Waals surface area contributed by atoms with Crippen LogP contribution in [0.4, 0.5) is 13.2 Å². The van der Waals surface area contributed by atoms with Crippen molar-refractivity contribution in [1.82, 2.24) is 4.98 Å². The lowest BCUT2D eigenvalue weighted by molar-refractivity contribution is -0.137. The monoisotopic (exact) mass is 211 g/mol. The molecule has 1 aromatic heterocycles. The second-order valence-electron chi connectivity index (χ2n) is 3.47. The summed E-state index contributed by atoms with van der Waals surface area (Å²) in [6.07, 6.45) is -1.09. The van der Waals surface area contributed by atoms with Crippen molar-refractivity contribution in [3.63, 3.8) is 0 Å². The molecule has 0 radical (unpaired) electrons. The molecular formula is C11H8F3N. The Labute approximate surface area is 85.3 Å². The summed E-state index contributed by atoms with van der Waals surface area (Å²) in [5.74, 6) is 5.89. The Bertz CT molecular complexity index is 421. The van der Waals surface area contributed by atoms with Crippen LogP contribution in [0.3, 0.4) is 0 Å². The van der Waals surface area contributed by atoms with E-state index in [9.17, 15) is 13.2 Å². The van der Waals surface area contributed by atoms with E-state index in [4.69, 9.17) is 0 Å². The predicted molar refractivity (Wildman–Crippen MR) is 48.8 cm³/mol. The molecule has 1 nitrogen and oxygen atoms in total. The largest absolute Gasteiger partial charge is 0.416 e. The second-order valence-corrected chi connectivity index (χ2v) is 3.47. The normalized spacial score (nSPS) is 15.7. The van der Waals surface area contributed by atoms with Gasteiger partial charge in [0.1, 0.15) is 5.69 Å². The van der Waals surface area contributed by atoms with Gasteiger partial charge >= 0.3 is 6.18 Å². The van der Waals surface area contributed by atoms with E-state index in [-0.39, 0.29) is 5.69 Å². The van der Waals surface area contributed by atoms with Crippen LogP contribution in [0.15, 0.2) is 18.3 Å². The van der Waals surface area contributed by atoms with E-state index in [2.05, 4.69) is 16.8 Å². The molecule has 0 bridgehead atoms. The summed E-state index contributed by atoms with van der Waals surface area (Å²) in [6.45, 7) is 0. The minimum absolute atomic E-state index is 0.191. The third-order valence-corrected chi connectivity index (χ3v) is 2.07. The minimum Gasteiger partial charge on any atom is -0.248 e. The molecule has 0 atom stereocenters. The average molecular weight is 211 g/mol. The molecule has 0 N–H and O–H groups in total. The van der Waals surface area contributed by atoms with Crippen molar-refractivity contribution in [2.45, 2.75) is 19.0 Å². The maximum absolute atomic E-state index is 12.3. The number of aromatic nitrogens is 1. The van der Waals surface area contributed by atoms with Crippen LogP contribution in [0.1, 0.15) is 24.1 Å². The fourth-order valence-electron chi connectivity index (χ4n) is 1.08. The van der Waals surface area contributed by atoms with E-state index in [1.54, 1.807) is 0 Å². The molecule has 1 heterocycles. The summed E-state index contributed by atoms with van der Waals surface area (Å²) < 4.78 is 36.9. The van der Waals surface area contributed by atoms with Gasteiger partial charge in [-0.05, 0) is 30.9 Å². The van der Waals surface area contributed by atoms with Crippen LogP contribution in [0, 0.1) is 17.8 Å². The lowest BCUT2D eigenvalue weighted by Crippen LogP contribution is -2.05. The van der Waals surface area contributed by atoms with Crippen LogP contribution in [0.2, 0.25) is 0 Å². The fraction of sp³-hybridized carbons (Fsp3) is 0.364. The van der Waals surface area contributed by atoms with E-state index in [1.165, 1.54) is 0 Å². The van der Waals surface area contributed by atoms with Crippen molar-refractivity contribution in [2.75, 3.05) is 0 Å². The number of halogens is 3. The standard InChI is InChI=1S/C11H8F3N/c12-11(13,14)9-5-6-15-10(7-9)4-3-8-1-2-8/h5-8H,1-2H2. The first kappa shape index (κ1) is 10.0. The second kappa shape index (κ2) is 3.58. The van der Waals surface area contributed by atoms with Crippen LogP contribution in [-0.4, -0.2) is 4.98 Å². The molecule has 78 valence electrons. The molecule has 1 aromatic rings. The molecule has 0 unspecified atom stereocenters. The highest BCUT2D eigenvalue weighted by atomic mass is 19.4. The van der Waals surface area contributed by atoms with E-state index >= 15 is 0 Å². The van der Waals surface area contributed by atoms with Gasteiger partial charge in [-0.1, -0.05) is 5.92 Å². The molecule has 4 heteroatoms. The van der Waals surface area contributed by atoms with Crippen molar-refractivity contribution in [1.29, 1.82) is 0 Å². The van der Waals surface area contributed by atoms with Gasteiger partial charge in [-0.3, -0.25) is 0 Å². The minimum atomic E-state index is -4.32. The van der Waals surface area contributed by atoms with Crippen LogP contribution in [0.25, 0.3) is 0 Å². The number of hydrogen-bond donors (Lipinski definition) is 0. The van der Waals surface area contributed by atoms with Crippen molar-refractivity contribution in [3.05, 3.63) is 29.6 Å². The number of hydrogen-bond acceptors (Lipinski definition) is 1. The van der Waals surface area contributed by atoms with Gasteiger partial charge in [-0.25, -0.2) is 4.98 Å². The van der Waals surface area contributed by atoms with Gasteiger partial charge in [0, 0.05) is 12.1 Å². The number of rotatable bonds is 0. The first-order valence-electron chi connectivity index (χ1n) is 4.60. The number of nitrogens with zero attached hydrogens (tertiary/aromatic N) is 1. The Morgan fingerprint density at radius 1 is 1.33 bits per heavy atom. The van der Waals surface area contributed by atoms with Crippen LogP contribution < -0.4 is 0 Å². The molecule has 1 saturated carbocycles. The first-order valence-corrected chi connectivity index (χ1v) is 4.60. The van der Waals surface area contributed by atoms with Crippen molar-refractivity contribution in [2.24, 2.45) is 5.92 Å². The zero-order valence-corrected chi connectivity index (χ0v) is 7.80. The molecule has 0 amide bonds. The molecule has 1 aliphatic carbocycles. The summed E-state index contributed by atoms with van der Waals surface area (Å²) in [5.41, 5.74) is -0.505. The highest BCUT2D eigenvalue weighted by Crippen LogP contribution is 2.29. The molecule has 0 spiro atoms. The zero-order chi connectivity index (χ0) is 10.9. The van der Waals surface area contributed by atoms with Crippen LogP contribution in [0.5, 0.6) is 0 Å². The number of alkyl halides is 3. The maximum Gasteiger partial charge on any atom is 0.416 e. The van der Waals surface area contributed by atoms with Gasteiger partial charge in [0.15, 0.2) is 0 Å². The first-order chi connectivity index (χ1) is 7.05. The smallest absolute Gasteiger partial charge is 0.248 e. The summed E-state index contributed by atoms with van der Waals surface area (Å²) in [7, 11) is 0. The lowest BCUT2D eigenvalue weighted by Gasteiger charge is -2.05. The van der Waals surface area contributed by atoms with E-state index in [0.717, 1.165) is 31.2 Å². The molecular weight excluding hydrogens is 203 g/mol. The van der Waals surface area contributed by atoms with Gasteiger partial charge < -0.3 is 0 Å². The summed E-state index contributed by atoms with van der Waals surface area (Å²) in [6, 6.07) is 1.93. The third kappa shape index (κ3) is 2.72. The Kier molecular flexibility index (Phi) is 2.39. The Hall–Kier alpha value is -1.50. The van der Waals surface area contributed by atoms with Crippen LogP contribution in [-0.2, 0) is 6.18 Å². The van der Waals surface area contributed by atoms with Gasteiger partial charge in [0.25, 0.3) is 0 Å². The lowest BCUT2D eigenvalue weighted by atomic mass is 10.2. The van der Waals surface area contributed by atoms with Gasteiger partial charge in [0.05, 0.1) is 5.56 Å². The molecule has 15 heavy (non-hydrogen) atoms. The van der Waals surface area contributed by atoms with E-state index < -0.39 is 11.7 Å². The zero-order valence-electron chi connectivity index (χ0n) is 7.80. The Balaban J connectivity index is 2.23. The molecule has 1 fully saturated rings. The molecule has 0 aromatic carbocycles. The van der Waals surface area contributed by atoms with E-state index in [0.29, 0.717) is 5.92 Å². The van der Waals surface area contributed by atoms with Crippen molar-refractivity contribution in [3.8, 4) is 11.8 Å². The SMILES string of the molecule is FC(F)(F)c1ccnc(C#CC2CC2)c1. The topological polar surface area (TPSA) is 12.9 Å². The van der Waals surface area contributed by atoms with Crippen LogP contribution >= 0.6 is 0 Å². The highest BCUT2D eigenvalue weighted by molar-refractivity contribution is 5.33. The average Bonchev–Trinajstić information content (AvgIpc) is 2.97. The van der Waals surface area contributed by atoms with Gasteiger partial charge in [-0.15, -0.1) is 0 Å². The molecule has 2 rings (SSSR count). The maximum atomic E-state index is 12.3. The van der Waals surface area contributed by atoms with Gasteiger partial charge in [0.2, 0.25) is 0 Å². The quantitative estimate of drug-likeness (QED) is 0.601. The highest BCUT2D eigenvalue weighted by Gasteiger charge is 2.30. The molecule has 1 aliphatic rings. The molecule has 0 saturated heterocycles. The van der Waals surface area contributed by atoms with E-state index in [1.807, 2.05) is 0 Å². The Morgan fingerprint density at radius 3 is 2.67 bits per heavy atom. The third-order valence-electron chi connectivity index (χ3n) is 2.07.